The number of nitriles is 1. The summed E-state index contributed by atoms with van der Waals surface area (Å²) in [6, 6.07) is 4.96. The van der Waals surface area contributed by atoms with Crippen LogP contribution in [0.5, 0.6) is 0 Å². The lowest BCUT2D eigenvalue weighted by Crippen LogP contribution is -2.37. The van der Waals surface area contributed by atoms with Crippen molar-refractivity contribution in [1.82, 2.24) is 5.32 Å². The zero-order chi connectivity index (χ0) is 12.1. The van der Waals surface area contributed by atoms with Gasteiger partial charge in [0.1, 0.15) is 11.8 Å². The van der Waals surface area contributed by atoms with E-state index in [2.05, 4.69) is 5.32 Å². The second-order valence-electron chi connectivity index (χ2n) is 3.94. The van der Waals surface area contributed by atoms with Gasteiger partial charge in [-0.15, -0.1) is 0 Å². The summed E-state index contributed by atoms with van der Waals surface area (Å²) in [7, 11) is 0. The molecule has 1 heterocycles. The molecule has 1 rings (SSSR count). The van der Waals surface area contributed by atoms with Gasteiger partial charge in [-0.25, -0.2) is 0 Å². The Morgan fingerprint density at radius 2 is 2.25 bits per heavy atom. The largest absolute Gasteiger partial charge is 0.456 e. The number of carbonyl (C=O) groups excluding carboxylic acids is 1. The molecule has 0 saturated heterocycles. The third-order valence-corrected chi connectivity index (χ3v) is 2.33. The lowest BCUT2D eigenvalue weighted by molar-refractivity contribution is 0.0908. The third kappa shape index (κ3) is 2.86. The molecule has 0 fully saturated rings. The lowest BCUT2D eigenvalue weighted by Gasteiger charge is -2.13. The number of hydrogen-bond donors (Lipinski definition) is 1. The highest BCUT2D eigenvalue weighted by atomic mass is 16.3. The molecule has 1 aromatic rings. The van der Waals surface area contributed by atoms with E-state index >= 15 is 0 Å². The highest BCUT2D eigenvalue weighted by molar-refractivity contribution is 5.91. The molecule has 1 aromatic heterocycles. The number of furan rings is 1. The molecule has 4 nitrogen and oxygen atoms in total. The standard InChI is InChI=1S/C12H16N2O2/c1-4-9-5-6-11(16-9)12(15)14-10(7-13)8(2)3/h5-6,8,10H,4H2,1-3H3,(H,14,15). The van der Waals surface area contributed by atoms with Gasteiger partial charge in [0, 0.05) is 6.42 Å². The van der Waals surface area contributed by atoms with Crippen molar-refractivity contribution in [3.63, 3.8) is 0 Å². The molecule has 0 spiro atoms. The Morgan fingerprint density at radius 3 is 2.69 bits per heavy atom. The normalized spacial score (nSPS) is 12.2. The van der Waals surface area contributed by atoms with E-state index in [9.17, 15) is 4.79 Å². The summed E-state index contributed by atoms with van der Waals surface area (Å²) in [6.07, 6.45) is 0.749. The fourth-order valence-corrected chi connectivity index (χ4v) is 1.25. The predicted octanol–water partition coefficient (Wildman–Crippen LogP) is 2.12. The maximum atomic E-state index is 11.7. The van der Waals surface area contributed by atoms with Crippen LogP contribution in [-0.4, -0.2) is 11.9 Å². The zero-order valence-corrected chi connectivity index (χ0v) is 9.78. The van der Waals surface area contributed by atoms with Crippen LogP contribution in [0.2, 0.25) is 0 Å². The van der Waals surface area contributed by atoms with E-state index in [1.54, 1.807) is 12.1 Å². The van der Waals surface area contributed by atoms with E-state index in [0.717, 1.165) is 12.2 Å². The molecule has 0 aliphatic carbocycles. The summed E-state index contributed by atoms with van der Waals surface area (Å²) in [5, 5.41) is 11.5. The average molecular weight is 220 g/mol. The van der Waals surface area contributed by atoms with Gasteiger partial charge in [0.2, 0.25) is 0 Å². The summed E-state index contributed by atoms with van der Waals surface area (Å²) < 4.78 is 5.30. The topological polar surface area (TPSA) is 66.0 Å². The van der Waals surface area contributed by atoms with E-state index in [-0.39, 0.29) is 17.6 Å². The van der Waals surface area contributed by atoms with Gasteiger partial charge in [-0.05, 0) is 18.1 Å². The molecule has 0 aliphatic rings. The molecule has 1 unspecified atom stereocenters. The van der Waals surface area contributed by atoms with E-state index in [1.807, 2.05) is 26.8 Å². The van der Waals surface area contributed by atoms with Crippen molar-refractivity contribution in [1.29, 1.82) is 5.26 Å². The van der Waals surface area contributed by atoms with Crippen LogP contribution in [0.15, 0.2) is 16.5 Å². The minimum Gasteiger partial charge on any atom is -0.456 e. The number of nitrogens with zero attached hydrogens (tertiary/aromatic N) is 1. The molecule has 0 saturated carbocycles. The smallest absolute Gasteiger partial charge is 0.288 e. The average Bonchev–Trinajstić information content (AvgIpc) is 2.73. The molecule has 86 valence electrons. The van der Waals surface area contributed by atoms with Crippen molar-refractivity contribution in [3.05, 3.63) is 23.7 Å². The number of aryl methyl sites for hydroxylation is 1. The van der Waals surface area contributed by atoms with E-state index < -0.39 is 6.04 Å². The van der Waals surface area contributed by atoms with Crippen molar-refractivity contribution in [3.8, 4) is 6.07 Å². The highest BCUT2D eigenvalue weighted by Gasteiger charge is 2.18. The van der Waals surface area contributed by atoms with Crippen molar-refractivity contribution in [2.45, 2.75) is 33.2 Å². The number of nitrogens with one attached hydrogen (secondary N) is 1. The minimum absolute atomic E-state index is 0.0783. The van der Waals surface area contributed by atoms with Crippen molar-refractivity contribution < 1.29 is 9.21 Å². The van der Waals surface area contributed by atoms with Crippen LogP contribution < -0.4 is 5.32 Å². The first-order valence-corrected chi connectivity index (χ1v) is 5.37. The first-order chi connectivity index (χ1) is 7.58. The molecular weight excluding hydrogens is 204 g/mol. The van der Waals surface area contributed by atoms with Crippen LogP contribution in [0.25, 0.3) is 0 Å². The van der Waals surface area contributed by atoms with Gasteiger partial charge in [-0.3, -0.25) is 4.79 Å². The van der Waals surface area contributed by atoms with Crippen molar-refractivity contribution >= 4 is 5.91 Å². The van der Waals surface area contributed by atoms with Crippen LogP contribution in [-0.2, 0) is 6.42 Å². The molecule has 1 amide bonds. The molecule has 16 heavy (non-hydrogen) atoms. The van der Waals surface area contributed by atoms with Crippen LogP contribution in [0.1, 0.15) is 37.1 Å². The summed E-state index contributed by atoms with van der Waals surface area (Å²) in [4.78, 5) is 11.7. The molecular formula is C12H16N2O2. The van der Waals surface area contributed by atoms with Crippen LogP contribution in [0, 0.1) is 17.2 Å². The molecule has 0 aliphatic heterocycles. The van der Waals surface area contributed by atoms with Gasteiger partial charge in [0.15, 0.2) is 5.76 Å². The Labute approximate surface area is 95.2 Å². The maximum Gasteiger partial charge on any atom is 0.288 e. The summed E-state index contributed by atoms with van der Waals surface area (Å²) in [5.41, 5.74) is 0. The zero-order valence-electron chi connectivity index (χ0n) is 9.78. The summed E-state index contributed by atoms with van der Waals surface area (Å²) >= 11 is 0. The van der Waals surface area contributed by atoms with Gasteiger partial charge in [-0.2, -0.15) is 5.26 Å². The predicted molar refractivity (Wildman–Crippen MR) is 59.8 cm³/mol. The first-order valence-electron chi connectivity index (χ1n) is 5.37. The Bertz CT molecular complexity index is 401. The quantitative estimate of drug-likeness (QED) is 0.845. The van der Waals surface area contributed by atoms with Gasteiger partial charge in [-0.1, -0.05) is 20.8 Å². The number of hydrogen-bond acceptors (Lipinski definition) is 3. The molecule has 0 radical (unpaired) electrons. The second kappa shape index (κ2) is 5.36. The molecule has 0 aromatic carbocycles. The summed E-state index contributed by atoms with van der Waals surface area (Å²) in [6.45, 7) is 5.72. The minimum atomic E-state index is -0.484. The highest BCUT2D eigenvalue weighted by Crippen LogP contribution is 2.09. The van der Waals surface area contributed by atoms with Gasteiger partial charge in [0.05, 0.1) is 6.07 Å². The molecule has 1 N–H and O–H groups in total. The fraction of sp³-hybridized carbons (Fsp3) is 0.500. The van der Waals surface area contributed by atoms with Crippen molar-refractivity contribution in [2.24, 2.45) is 5.92 Å². The number of amides is 1. The Morgan fingerprint density at radius 1 is 1.56 bits per heavy atom. The first kappa shape index (κ1) is 12.3. The Balaban J connectivity index is 2.68. The van der Waals surface area contributed by atoms with Crippen LogP contribution in [0.4, 0.5) is 0 Å². The van der Waals surface area contributed by atoms with E-state index in [0.29, 0.717) is 0 Å². The van der Waals surface area contributed by atoms with Crippen molar-refractivity contribution in [2.75, 3.05) is 0 Å². The van der Waals surface area contributed by atoms with Gasteiger partial charge >= 0.3 is 0 Å². The van der Waals surface area contributed by atoms with E-state index in [4.69, 9.17) is 9.68 Å². The lowest BCUT2D eigenvalue weighted by atomic mass is 10.1. The number of rotatable bonds is 4. The maximum absolute atomic E-state index is 11.7. The molecule has 1 atom stereocenters. The number of carbonyl (C=O) groups is 1. The van der Waals surface area contributed by atoms with Crippen LogP contribution >= 0.6 is 0 Å². The van der Waals surface area contributed by atoms with Crippen LogP contribution in [0.3, 0.4) is 0 Å². The fourth-order valence-electron chi connectivity index (χ4n) is 1.25. The second-order valence-corrected chi connectivity index (χ2v) is 3.94. The van der Waals surface area contributed by atoms with Gasteiger partial charge in [0.25, 0.3) is 5.91 Å². The summed E-state index contributed by atoms with van der Waals surface area (Å²) in [5.74, 6) is 0.774. The molecule has 0 bridgehead atoms. The Kier molecular flexibility index (Phi) is 4.12. The third-order valence-electron chi connectivity index (χ3n) is 2.33. The van der Waals surface area contributed by atoms with E-state index in [1.165, 1.54) is 0 Å². The Hall–Kier alpha value is -1.76. The monoisotopic (exact) mass is 220 g/mol. The SMILES string of the molecule is CCc1ccc(C(=O)NC(C#N)C(C)C)o1. The molecule has 4 heteroatoms. The van der Waals surface area contributed by atoms with Gasteiger partial charge < -0.3 is 9.73 Å².